The van der Waals surface area contributed by atoms with E-state index in [1.54, 1.807) is 11.8 Å². The Balaban J connectivity index is 1.57. The Morgan fingerprint density at radius 2 is 2.00 bits per heavy atom. The first kappa shape index (κ1) is 20.1. The van der Waals surface area contributed by atoms with E-state index in [9.17, 15) is 24.0 Å². The van der Waals surface area contributed by atoms with Gasteiger partial charge in [0.2, 0.25) is 23.6 Å². The van der Waals surface area contributed by atoms with Crippen LogP contribution in [-0.4, -0.2) is 66.3 Å². The van der Waals surface area contributed by atoms with Gasteiger partial charge in [-0.15, -0.1) is 0 Å². The van der Waals surface area contributed by atoms with E-state index in [2.05, 4.69) is 21.3 Å². The lowest BCUT2D eigenvalue weighted by atomic mass is 9.85. The third kappa shape index (κ3) is 4.26. The van der Waals surface area contributed by atoms with Gasteiger partial charge in [-0.2, -0.15) is 0 Å². The largest absolute Gasteiger partial charge is 0.355 e. The first-order chi connectivity index (χ1) is 13.2. The van der Waals surface area contributed by atoms with Crippen LogP contribution in [0, 0.1) is 11.3 Å². The number of piperidine rings is 1. The smallest absolute Gasteiger partial charge is 0.322 e. The van der Waals surface area contributed by atoms with Crippen LogP contribution in [0.15, 0.2) is 0 Å². The quantitative estimate of drug-likeness (QED) is 0.478. The third-order valence-corrected chi connectivity index (χ3v) is 5.83. The summed E-state index contributed by atoms with van der Waals surface area (Å²) in [5.41, 5.74) is -0.717. The van der Waals surface area contributed by atoms with Gasteiger partial charge in [0, 0.05) is 32.1 Å². The van der Waals surface area contributed by atoms with Gasteiger partial charge in [0.05, 0.1) is 11.8 Å². The summed E-state index contributed by atoms with van der Waals surface area (Å²) in [5.74, 6) is -0.979. The number of urea groups is 1. The Hall–Kier alpha value is -2.65. The highest BCUT2D eigenvalue weighted by Crippen LogP contribution is 2.30. The highest BCUT2D eigenvalue weighted by molar-refractivity contribution is 6.02. The molecule has 3 fully saturated rings. The Bertz CT molecular complexity index is 694. The average Bonchev–Trinajstić information content (AvgIpc) is 3.00. The zero-order valence-electron chi connectivity index (χ0n) is 16.2. The first-order valence-corrected chi connectivity index (χ1v) is 9.65. The van der Waals surface area contributed by atoms with E-state index in [1.807, 2.05) is 6.92 Å². The zero-order valence-corrected chi connectivity index (χ0v) is 16.2. The number of imide groups is 1. The Kier molecular flexibility index (Phi) is 5.57. The summed E-state index contributed by atoms with van der Waals surface area (Å²) in [6, 6.07) is -1.79. The van der Waals surface area contributed by atoms with Crippen molar-refractivity contribution in [2.24, 2.45) is 11.3 Å². The van der Waals surface area contributed by atoms with Crippen molar-refractivity contribution in [1.82, 2.24) is 26.2 Å². The molecule has 0 aromatic rings. The molecule has 0 aliphatic carbocycles. The van der Waals surface area contributed by atoms with Crippen LogP contribution in [0.2, 0.25) is 0 Å². The highest BCUT2D eigenvalue weighted by Gasteiger charge is 2.44. The second-order valence-electron chi connectivity index (χ2n) is 8.24. The lowest BCUT2D eigenvalue weighted by molar-refractivity contribution is -0.143. The van der Waals surface area contributed by atoms with E-state index >= 15 is 0 Å². The molecule has 154 valence electrons. The molecule has 3 unspecified atom stereocenters. The molecule has 3 saturated heterocycles. The van der Waals surface area contributed by atoms with Gasteiger partial charge in [-0.3, -0.25) is 24.5 Å². The molecule has 0 saturated carbocycles. The Morgan fingerprint density at radius 1 is 1.25 bits per heavy atom. The fourth-order valence-corrected chi connectivity index (χ4v) is 4.12. The van der Waals surface area contributed by atoms with Gasteiger partial charge in [-0.1, -0.05) is 0 Å². The molecule has 0 aromatic heterocycles. The number of hydrogen-bond acceptors (Lipinski definition) is 5. The fraction of sp³-hybridized carbons (Fsp3) is 0.722. The topological polar surface area (TPSA) is 137 Å². The van der Waals surface area contributed by atoms with Crippen molar-refractivity contribution in [3.05, 3.63) is 0 Å². The zero-order chi connectivity index (χ0) is 20.5. The van der Waals surface area contributed by atoms with Crippen molar-refractivity contribution < 1.29 is 24.0 Å². The number of hydrogen-bond donors (Lipinski definition) is 4. The number of carbonyl (C=O) groups is 5. The Labute approximate surface area is 163 Å². The average molecular weight is 393 g/mol. The van der Waals surface area contributed by atoms with Crippen LogP contribution < -0.4 is 21.3 Å². The Morgan fingerprint density at radius 3 is 2.64 bits per heavy atom. The fourth-order valence-electron chi connectivity index (χ4n) is 4.12. The minimum atomic E-state index is -0.889. The second-order valence-corrected chi connectivity index (χ2v) is 8.24. The van der Waals surface area contributed by atoms with Gasteiger partial charge < -0.3 is 20.9 Å². The van der Waals surface area contributed by atoms with E-state index < -0.39 is 29.3 Å². The molecule has 0 spiro atoms. The van der Waals surface area contributed by atoms with Crippen LogP contribution >= 0.6 is 0 Å². The summed E-state index contributed by atoms with van der Waals surface area (Å²) >= 11 is 0. The molecule has 4 atom stereocenters. The maximum atomic E-state index is 12.9. The summed E-state index contributed by atoms with van der Waals surface area (Å²) in [6.45, 7) is 5.16. The molecule has 0 radical (unpaired) electrons. The number of carbonyl (C=O) groups excluding carboxylic acids is 5. The van der Waals surface area contributed by atoms with Crippen molar-refractivity contribution in [3.8, 4) is 0 Å². The minimum Gasteiger partial charge on any atom is -0.355 e. The molecule has 3 aliphatic heterocycles. The second kappa shape index (κ2) is 7.76. The highest BCUT2D eigenvalue weighted by atomic mass is 16.2. The SMILES string of the molecule is CC(NC(=O)[C@@H]1CC(=O)NC(=O)N1)C1CCCN(C(=O)C2(C)CNC(=O)C2)C1. The maximum Gasteiger partial charge on any atom is 0.322 e. The molecule has 10 heteroatoms. The molecular weight excluding hydrogens is 366 g/mol. The monoisotopic (exact) mass is 393 g/mol. The number of nitrogens with one attached hydrogen (secondary N) is 4. The van der Waals surface area contributed by atoms with Gasteiger partial charge in [0.15, 0.2) is 0 Å². The molecule has 3 aliphatic rings. The van der Waals surface area contributed by atoms with E-state index in [0.717, 1.165) is 12.8 Å². The van der Waals surface area contributed by atoms with E-state index in [0.29, 0.717) is 19.6 Å². The van der Waals surface area contributed by atoms with Crippen molar-refractivity contribution in [1.29, 1.82) is 0 Å². The van der Waals surface area contributed by atoms with Gasteiger partial charge in [-0.05, 0) is 32.6 Å². The summed E-state index contributed by atoms with van der Waals surface area (Å²) in [4.78, 5) is 61.5. The van der Waals surface area contributed by atoms with Gasteiger partial charge in [0.1, 0.15) is 6.04 Å². The third-order valence-electron chi connectivity index (χ3n) is 5.83. The predicted molar refractivity (Wildman–Crippen MR) is 97.7 cm³/mol. The molecule has 0 bridgehead atoms. The van der Waals surface area contributed by atoms with Crippen molar-refractivity contribution in [3.63, 3.8) is 0 Å². The number of nitrogens with zero attached hydrogens (tertiary/aromatic N) is 1. The summed E-state index contributed by atoms with van der Waals surface area (Å²) in [7, 11) is 0. The van der Waals surface area contributed by atoms with Gasteiger partial charge in [0.25, 0.3) is 0 Å². The number of rotatable bonds is 4. The molecule has 6 amide bonds. The van der Waals surface area contributed by atoms with Crippen LogP contribution in [0.25, 0.3) is 0 Å². The molecular formula is C18H27N5O5. The lowest BCUT2D eigenvalue weighted by Gasteiger charge is -2.39. The van der Waals surface area contributed by atoms with Gasteiger partial charge in [-0.25, -0.2) is 4.79 Å². The molecule has 3 rings (SSSR count). The van der Waals surface area contributed by atoms with E-state index in [4.69, 9.17) is 0 Å². The summed E-state index contributed by atoms with van der Waals surface area (Å²) in [6.07, 6.45) is 1.77. The number of amides is 6. The van der Waals surface area contributed by atoms with Crippen molar-refractivity contribution in [2.45, 2.75) is 51.6 Å². The van der Waals surface area contributed by atoms with Crippen LogP contribution in [-0.2, 0) is 19.2 Å². The van der Waals surface area contributed by atoms with Crippen LogP contribution in [0.3, 0.4) is 0 Å². The first-order valence-electron chi connectivity index (χ1n) is 9.65. The maximum absolute atomic E-state index is 12.9. The normalized spacial score (nSPS) is 31.5. The van der Waals surface area contributed by atoms with E-state index in [-0.39, 0.29) is 36.6 Å². The molecule has 28 heavy (non-hydrogen) atoms. The molecule has 0 aromatic carbocycles. The summed E-state index contributed by atoms with van der Waals surface area (Å²) in [5, 5.41) is 10.1. The van der Waals surface area contributed by atoms with Crippen LogP contribution in [0.5, 0.6) is 0 Å². The van der Waals surface area contributed by atoms with Gasteiger partial charge >= 0.3 is 6.03 Å². The lowest BCUT2D eigenvalue weighted by Crippen LogP contribution is -2.59. The van der Waals surface area contributed by atoms with Crippen LogP contribution in [0.1, 0.15) is 39.5 Å². The van der Waals surface area contributed by atoms with Crippen molar-refractivity contribution in [2.75, 3.05) is 19.6 Å². The minimum absolute atomic E-state index is 0.0368. The van der Waals surface area contributed by atoms with Crippen LogP contribution in [0.4, 0.5) is 4.79 Å². The standard InChI is InChI=1S/C18H27N5O5/c1-10(20-15(26)12-6-13(24)22-17(28)21-12)11-4-3-5-23(8-11)16(27)18(2)7-14(25)19-9-18/h10-12H,3-9H2,1-2H3,(H,19,25)(H,20,26)(H2,21,22,24,28)/t10?,11?,12-,18?/m0/s1. The van der Waals surface area contributed by atoms with Crippen molar-refractivity contribution >= 4 is 29.7 Å². The van der Waals surface area contributed by atoms with E-state index in [1.165, 1.54) is 0 Å². The molecule has 3 heterocycles. The molecule has 10 nitrogen and oxygen atoms in total. The predicted octanol–water partition coefficient (Wildman–Crippen LogP) is -1.15. The summed E-state index contributed by atoms with van der Waals surface area (Å²) < 4.78 is 0. The number of likely N-dealkylation sites (tertiary alicyclic amines) is 1. The molecule has 4 N–H and O–H groups in total.